The van der Waals surface area contributed by atoms with E-state index in [2.05, 4.69) is 0 Å². The second-order valence-electron chi connectivity index (χ2n) is 5.11. The largest absolute Gasteiger partial charge is 0.261 e. The van der Waals surface area contributed by atoms with Crippen molar-refractivity contribution in [2.24, 2.45) is 0 Å². The first kappa shape index (κ1) is 16.7. The molecule has 1 aliphatic rings. The van der Waals surface area contributed by atoms with Crippen molar-refractivity contribution in [1.29, 1.82) is 0 Å². The van der Waals surface area contributed by atoms with Gasteiger partial charge in [-0.05, 0) is 43.5 Å². The standard InChI is InChI=1S/C13H18ClNO4S2/c1-2-3-10-15(11-4-5-11)21(18,19)13-8-6-12(7-9-13)20(14,16)17/h6-9,11H,2-5,10H2,1H3. The fourth-order valence-electron chi connectivity index (χ4n) is 2.09. The fraction of sp³-hybridized carbons (Fsp3) is 0.538. The van der Waals surface area contributed by atoms with E-state index in [1.807, 2.05) is 6.92 Å². The van der Waals surface area contributed by atoms with Gasteiger partial charge in [0.2, 0.25) is 10.0 Å². The molecule has 0 bridgehead atoms. The quantitative estimate of drug-likeness (QED) is 0.708. The molecule has 0 amide bonds. The summed E-state index contributed by atoms with van der Waals surface area (Å²) in [6.07, 6.45) is 3.50. The molecule has 5 nitrogen and oxygen atoms in total. The lowest BCUT2D eigenvalue weighted by atomic mass is 10.3. The minimum atomic E-state index is -3.84. The number of hydrogen-bond acceptors (Lipinski definition) is 4. The second kappa shape index (κ2) is 6.24. The molecule has 1 aromatic carbocycles. The highest BCUT2D eigenvalue weighted by molar-refractivity contribution is 8.13. The third kappa shape index (κ3) is 3.97. The van der Waals surface area contributed by atoms with Gasteiger partial charge in [-0.3, -0.25) is 0 Å². The number of benzene rings is 1. The van der Waals surface area contributed by atoms with Crippen LogP contribution in [0.1, 0.15) is 32.6 Å². The van der Waals surface area contributed by atoms with Crippen LogP contribution >= 0.6 is 10.7 Å². The molecular formula is C13H18ClNO4S2. The summed E-state index contributed by atoms with van der Waals surface area (Å²) in [7, 11) is -2.19. The van der Waals surface area contributed by atoms with Crippen LogP contribution in [0.4, 0.5) is 0 Å². The zero-order valence-electron chi connectivity index (χ0n) is 11.7. The van der Waals surface area contributed by atoms with Crippen molar-refractivity contribution in [3.05, 3.63) is 24.3 Å². The maximum atomic E-state index is 12.6. The van der Waals surface area contributed by atoms with Crippen molar-refractivity contribution in [1.82, 2.24) is 4.31 Å². The number of hydrogen-bond donors (Lipinski definition) is 0. The van der Waals surface area contributed by atoms with Crippen LogP contribution in [0, 0.1) is 0 Å². The molecule has 0 aromatic heterocycles. The van der Waals surface area contributed by atoms with E-state index in [9.17, 15) is 16.8 Å². The average molecular weight is 352 g/mol. The van der Waals surface area contributed by atoms with E-state index in [4.69, 9.17) is 10.7 Å². The van der Waals surface area contributed by atoms with Crippen molar-refractivity contribution in [2.45, 2.75) is 48.4 Å². The molecule has 0 spiro atoms. The van der Waals surface area contributed by atoms with Crippen molar-refractivity contribution in [3.63, 3.8) is 0 Å². The van der Waals surface area contributed by atoms with Crippen molar-refractivity contribution < 1.29 is 16.8 Å². The maximum absolute atomic E-state index is 12.6. The lowest BCUT2D eigenvalue weighted by Gasteiger charge is -2.21. The van der Waals surface area contributed by atoms with Crippen LogP contribution in [0.25, 0.3) is 0 Å². The summed E-state index contributed by atoms with van der Waals surface area (Å²) in [5.41, 5.74) is 0. The van der Waals surface area contributed by atoms with Gasteiger partial charge in [-0.25, -0.2) is 16.8 Å². The zero-order chi connectivity index (χ0) is 15.7. The molecule has 8 heteroatoms. The molecule has 1 aliphatic carbocycles. The summed E-state index contributed by atoms with van der Waals surface area (Å²) in [6, 6.07) is 5.12. The Morgan fingerprint density at radius 1 is 1.10 bits per heavy atom. The smallest absolute Gasteiger partial charge is 0.207 e. The van der Waals surface area contributed by atoms with Crippen molar-refractivity contribution >= 4 is 29.8 Å². The van der Waals surface area contributed by atoms with Gasteiger partial charge in [-0.1, -0.05) is 13.3 Å². The van der Waals surface area contributed by atoms with Crippen LogP contribution in [0.3, 0.4) is 0 Å². The Balaban J connectivity index is 2.29. The number of rotatable bonds is 7. The Hall–Kier alpha value is -0.630. The van der Waals surface area contributed by atoms with Gasteiger partial charge in [0.1, 0.15) is 0 Å². The third-order valence-electron chi connectivity index (χ3n) is 3.40. The molecule has 1 saturated carbocycles. The molecular weight excluding hydrogens is 334 g/mol. The highest BCUT2D eigenvalue weighted by Crippen LogP contribution is 2.32. The maximum Gasteiger partial charge on any atom is 0.261 e. The van der Waals surface area contributed by atoms with Crippen LogP contribution in [0.5, 0.6) is 0 Å². The Morgan fingerprint density at radius 3 is 2.05 bits per heavy atom. The van der Waals surface area contributed by atoms with Gasteiger partial charge in [-0.2, -0.15) is 4.31 Å². The molecule has 118 valence electrons. The fourth-order valence-corrected chi connectivity index (χ4v) is 4.58. The van der Waals surface area contributed by atoms with E-state index < -0.39 is 19.1 Å². The summed E-state index contributed by atoms with van der Waals surface area (Å²) < 4.78 is 49.2. The predicted octanol–water partition coefficient (Wildman–Crippen LogP) is 2.57. The highest BCUT2D eigenvalue weighted by Gasteiger charge is 2.37. The molecule has 0 unspecified atom stereocenters. The summed E-state index contributed by atoms with van der Waals surface area (Å²) in [5.74, 6) is 0. The van der Waals surface area contributed by atoms with Gasteiger partial charge in [0, 0.05) is 23.3 Å². The molecule has 0 aliphatic heterocycles. The van der Waals surface area contributed by atoms with Crippen LogP contribution < -0.4 is 0 Å². The van der Waals surface area contributed by atoms with Gasteiger partial charge in [0.25, 0.3) is 9.05 Å². The molecule has 1 aromatic rings. The molecule has 21 heavy (non-hydrogen) atoms. The first-order chi connectivity index (χ1) is 9.76. The number of sulfonamides is 1. The van der Waals surface area contributed by atoms with Gasteiger partial charge in [0.15, 0.2) is 0 Å². The number of nitrogens with zero attached hydrogens (tertiary/aromatic N) is 1. The Morgan fingerprint density at radius 2 is 1.62 bits per heavy atom. The normalized spacial score (nSPS) is 16.3. The molecule has 0 radical (unpaired) electrons. The van der Waals surface area contributed by atoms with Crippen LogP contribution in [0.2, 0.25) is 0 Å². The SMILES string of the molecule is CCCCN(C1CC1)S(=O)(=O)c1ccc(S(=O)(=O)Cl)cc1. The summed E-state index contributed by atoms with van der Waals surface area (Å²) in [5, 5.41) is 0. The molecule has 0 atom stereocenters. The van der Waals surface area contributed by atoms with Crippen molar-refractivity contribution in [3.8, 4) is 0 Å². The van der Waals surface area contributed by atoms with Gasteiger partial charge < -0.3 is 0 Å². The number of unbranched alkanes of at least 4 members (excludes halogenated alkanes) is 1. The van der Waals surface area contributed by atoms with E-state index in [-0.39, 0.29) is 15.8 Å². The Labute approximate surface area is 130 Å². The molecule has 0 N–H and O–H groups in total. The predicted molar refractivity (Wildman–Crippen MR) is 81.3 cm³/mol. The average Bonchev–Trinajstić information content (AvgIpc) is 3.23. The monoisotopic (exact) mass is 351 g/mol. The van der Waals surface area contributed by atoms with E-state index in [0.717, 1.165) is 25.7 Å². The van der Waals surface area contributed by atoms with Crippen molar-refractivity contribution in [2.75, 3.05) is 6.54 Å². The zero-order valence-corrected chi connectivity index (χ0v) is 14.1. The van der Waals surface area contributed by atoms with Crippen LogP contribution in [0.15, 0.2) is 34.1 Å². The first-order valence-electron chi connectivity index (χ1n) is 6.83. The topological polar surface area (TPSA) is 71.5 Å². The van der Waals surface area contributed by atoms with Gasteiger partial charge in [-0.15, -0.1) is 0 Å². The minimum absolute atomic E-state index is 0.0815. The Bertz CT molecular complexity index is 694. The minimum Gasteiger partial charge on any atom is -0.207 e. The molecule has 2 rings (SSSR count). The molecule has 0 saturated heterocycles. The van der Waals surface area contributed by atoms with E-state index in [1.165, 1.54) is 28.6 Å². The summed E-state index contributed by atoms with van der Waals surface area (Å²) in [6.45, 7) is 2.51. The van der Waals surface area contributed by atoms with E-state index in [1.54, 1.807) is 0 Å². The molecule has 1 fully saturated rings. The van der Waals surface area contributed by atoms with E-state index in [0.29, 0.717) is 6.54 Å². The van der Waals surface area contributed by atoms with Gasteiger partial charge >= 0.3 is 0 Å². The first-order valence-corrected chi connectivity index (χ1v) is 10.6. The summed E-state index contributed by atoms with van der Waals surface area (Å²) >= 11 is 0. The van der Waals surface area contributed by atoms with E-state index >= 15 is 0 Å². The third-order valence-corrected chi connectivity index (χ3v) is 6.73. The lowest BCUT2D eigenvalue weighted by molar-refractivity contribution is 0.395. The van der Waals surface area contributed by atoms with Gasteiger partial charge in [0.05, 0.1) is 9.79 Å². The lowest BCUT2D eigenvalue weighted by Crippen LogP contribution is -2.34. The molecule has 0 heterocycles. The highest BCUT2D eigenvalue weighted by atomic mass is 35.7. The van der Waals surface area contributed by atoms with Crippen LogP contribution in [-0.4, -0.2) is 33.7 Å². The Kier molecular flexibility index (Phi) is 4.97. The van der Waals surface area contributed by atoms with Crippen LogP contribution in [-0.2, 0) is 19.1 Å². The summed E-state index contributed by atoms with van der Waals surface area (Å²) in [4.78, 5) is 0.00390. The number of halogens is 1. The second-order valence-corrected chi connectivity index (χ2v) is 9.57.